The maximum Gasteiger partial charge on any atom is 0.319 e. The molecule has 4 atom stereocenters. The molecule has 2 aromatic carbocycles. The number of aromatic nitrogens is 2. The van der Waals surface area contributed by atoms with E-state index in [4.69, 9.17) is 31.8 Å². The van der Waals surface area contributed by atoms with Gasteiger partial charge in [-0.15, -0.1) is 11.3 Å². The molecule has 0 bridgehead atoms. The fraction of sp³-hybridized carbons (Fsp3) is 0.394. The summed E-state index contributed by atoms with van der Waals surface area (Å²) in [5, 5.41) is 10.5. The number of nitrogen functional groups attached to an aromatic ring is 1. The van der Waals surface area contributed by atoms with E-state index in [1.807, 2.05) is 32.0 Å². The Kier molecular flexibility index (Phi) is 8.97. The summed E-state index contributed by atoms with van der Waals surface area (Å²) in [5.41, 5.74) is 6.21. The molecule has 4 heterocycles. The molecule has 2 aliphatic rings. The molecule has 2 fully saturated rings. The third-order valence-corrected chi connectivity index (χ3v) is 10.8. The number of likely N-dealkylation sites (tertiary alicyclic amines) is 2. The molecular weight excluding hydrogens is 648 g/mol. The van der Waals surface area contributed by atoms with Gasteiger partial charge in [0.05, 0.1) is 27.4 Å². The summed E-state index contributed by atoms with van der Waals surface area (Å²) in [5.74, 6) is -1.16. The number of fused-ring (bicyclic) bond motifs is 2. The minimum atomic E-state index is -0.781. The van der Waals surface area contributed by atoms with Gasteiger partial charge in [-0.25, -0.2) is 8.78 Å². The molecule has 0 radical (unpaired) electrons. The lowest BCUT2D eigenvalue weighted by molar-refractivity contribution is -0.126. The van der Waals surface area contributed by atoms with E-state index in [-0.39, 0.29) is 85.1 Å². The summed E-state index contributed by atoms with van der Waals surface area (Å²) < 4.78 is 43.6. The Hall–Kier alpha value is -4.09. The van der Waals surface area contributed by atoms with Gasteiger partial charge in [0.1, 0.15) is 34.8 Å². The molecule has 2 aromatic heterocycles. The Balaban J connectivity index is 1.50. The Morgan fingerprint density at radius 3 is 2.81 bits per heavy atom. The molecule has 47 heavy (non-hydrogen) atoms. The molecule has 10 nitrogen and oxygen atoms in total. The van der Waals surface area contributed by atoms with Gasteiger partial charge in [0, 0.05) is 55.7 Å². The molecule has 6 rings (SSSR count). The minimum absolute atomic E-state index is 0.0182. The normalized spacial score (nSPS) is 21.4. The first-order valence-corrected chi connectivity index (χ1v) is 16.3. The topological polar surface area (TPSA) is 121 Å². The Morgan fingerprint density at radius 2 is 2.13 bits per heavy atom. The van der Waals surface area contributed by atoms with Gasteiger partial charge in [0.25, 0.3) is 0 Å². The average molecular weight is 682 g/mol. The van der Waals surface area contributed by atoms with Crippen molar-refractivity contribution >= 4 is 60.7 Å². The molecule has 1 amide bonds. The van der Waals surface area contributed by atoms with Crippen LogP contribution >= 0.6 is 22.9 Å². The maximum absolute atomic E-state index is 16.9. The number of hydrogen-bond donors (Lipinski definition) is 1. The van der Waals surface area contributed by atoms with E-state index in [1.165, 1.54) is 18.2 Å². The largest absolute Gasteiger partial charge is 0.462 e. The van der Waals surface area contributed by atoms with Crippen molar-refractivity contribution in [2.45, 2.75) is 44.0 Å². The Bertz CT molecular complexity index is 1950. The number of nitrogens with two attached hydrogens (primary N) is 1. The number of hydrogen-bond acceptors (Lipinski definition) is 10. The SMILES string of the molecule is C=CC(=O)N1CCC(N(C)c2nc(OC[C@@H]3C[C@@H](OC)CN3C)nc3c(F)c(-c4ccc(F)c5sc(N)c(C#N)c45)c(Cl)cc23)[C@H]1C. The second kappa shape index (κ2) is 12.8. The van der Waals surface area contributed by atoms with Gasteiger partial charge in [-0.05, 0) is 50.6 Å². The molecule has 4 aromatic rings. The molecule has 0 spiro atoms. The van der Waals surface area contributed by atoms with Gasteiger partial charge in [0.15, 0.2) is 5.82 Å². The average Bonchev–Trinajstić information content (AvgIpc) is 3.73. The summed E-state index contributed by atoms with van der Waals surface area (Å²) in [7, 11) is 5.49. The first kappa shape index (κ1) is 32.8. The van der Waals surface area contributed by atoms with E-state index in [1.54, 1.807) is 18.1 Å². The smallest absolute Gasteiger partial charge is 0.319 e. The number of anilines is 2. The van der Waals surface area contributed by atoms with Crippen molar-refractivity contribution in [3.63, 3.8) is 0 Å². The fourth-order valence-electron chi connectivity index (χ4n) is 6.84. The molecule has 2 aliphatic heterocycles. The summed E-state index contributed by atoms with van der Waals surface area (Å²) in [6, 6.07) is 5.81. The monoisotopic (exact) mass is 681 g/mol. The zero-order chi connectivity index (χ0) is 33.7. The Morgan fingerprint density at radius 1 is 1.36 bits per heavy atom. The van der Waals surface area contributed by atoms with Gasteiger partial charge in [-0.3, -0.25) is 9.69 Å². The zero-order valence-electron chi connectivity index (χ0n) is 26.4. The quantitative estimate of drug-likeness (QED) is 0.237. The number of carbonyl (C=O) groups is 1. The van der Waals surface area contributed by atoms with Crippen LogP contribution in [0.25, 0.3) is 32.1 Å². The van der Waals surface area contributed by atoms with E-state index in [2.05, 4.69) is 16.5 Å². The molecule has 246 valence electrons. The lowest BCUT2D eigenvalue weighted by Gasteiger charge is -2.32. The third-order valence-electron chi connectivity index (χ3n) is 9.43. The van der Waals surface area contributed by atoms with Crippen molar-refractivity contribution in [1.82, 2.24) is 19.8 Å². The summed E-state index contributed by atoms with van der Waals surface area (Å²) in [4.78, 5) is 27.6. The van der Waals surface area contributed by atoms with Crippen molar-refractivity contribution in [2.75, 3.05) is 51.5 Å². The molecule has 1 unspecified atom stereocenters. The molecule has 0 saturated carbocycles. The van der Waals surface area contributed by atoms with Gasteiger partial charge >= 0.3 is 6.01 Å². The van der Waals surface area contributed by atoms with Crippen LogP contribution in [0.3, 0.4) is 0 Å². The number of benzene rings is 2. The highest BCUT2D eigenvalue weighted by molar-refractivity contribution is 7.23. The van der Waals surface area contributed by atoms with E-state index >= 15 is 4.39 Å². The van der Waals surface area contributed by atoms with Crippen LogP contribution in [0.15, 0.2) is 30.9 Å². The molecule has 14 heteroatoms. The van der Waals surface area contributed by atoms with Crippen LogP contribution in [0, 0.1) is 23.0 Å². The van der Waals surface area contributed by atoms with Crippen molar-refractivity contribution in [1.29, 1.82) is 5.26 Å². The van der Waals surface area contributed by atoms with Crippen LogP contribution < -0.4 is 15.4 Å². The first-order valence-electron chi connectivity index (χ1n) is 15.1. The van der Waals surface area contributed by atoms with Crippen molar-refractivity contribution < 1.29 is 23.0 Å². The number of thiophene rings is 1. The minimum Gasteiger partial charge on any atom is -0.462 e. The number of methoxy groups -OCH3 is 1. The molecule has 0 aliphatic carbocycles. The molecular formula is C33H34ClF2N7O3S. The number of likely N-dealkylation sites (N-methyl/N-ethyl adjacent to an activating group) is 2. The van der Waals surface area contributed by atoms with Gasteiger partial charge in [-0.2, -0.15) is 15.2 Å². The van der Waals surface area contributed by atoms with E-state index in [0.29, 0.717) is 24.2 Å². The number of halogens is 3. The number of nitrogens with zero attached hydrogens (tertiary/aromatic N) is 6. The number of nitriles is 1. The van der Waals surface area contributed by atoms with Gasteiger partial charge < -0.3 is 25.0 Å². The fourth-order valence-corrected chi connectivity index (χ4v) is 8.08. The number of rotatable bonds is 8. The van der Waals surface area contributed by atoms with E-state index < -0.39 is 11.6 Å². The number of carbonyl (C=O) groups excluding carboxylic acids is 1. The molecule has 2 N–H and O–H groups in total. The maximum atomic E-state index is 16.9. The second-order valence-electron chi connectivity index (χ2n) is 12.0. The van der Waals surface area contributed by atoms with Gasteiger partial charge in [-0.1, -0.05) is 24.2 Å². The number of amides is 1. The van der Waals surface area contributed by atoms with Crippen molar-refractivity contribution in [2.24, 2.45) is 0 Å². The van der Waals surface area contributed by atoms with Crippen LogP contribution in [0.2, 0.25) is 5.02 Å². The van der Waals surface area contributed by atoms with Crippen LogP contribution in [0.1, 0.15) is 25.3 Å². The lowest BCUT2D eigenvalue weighted by Crippen LogP contribution is -2.43. The highest BCUT2D eigenvalue weighted by Gasteiger charge is 2.37. The summed E-state index contributed by atoms with van der Waals surface area (Å²) in [6.45, 7) is 7.08. The predicted octanol–water partition coefficient (Wildman–Crippen LogP) is 5.61. The van der Waals surface area contributed by atoms with Crippen LogP contribution in [-0.2, 0) is 9.53 Å². The lowest BCUT2D eigenvalue weighted by atomic mass is 9.97. The number of ether oxygens (including phenoxy) is 2. The highest BCUT2D eigenvalue weighted by Crippen LogP contribution is 2.46. The summed E-state index contributed by atoms with van der Waals surface area (Å²) in [6.07, 6.45) is 2.75. The predicted molar refractivity (Wildman–Crippen MR) is 180 cm³/mol. The van der Waals surface area contributed by atoms with E-state index in [0.717, 1.165) is 24.3 Å². The standard InChI is InChI=1S/C33H34ClF2N7O3S/c1-6-25(44)43-10-9-24(16(43)2)42(4)32-20-12-22(34)27(19-7-8-23(35)30-26(19)21(13-37)31(38)47-30)28(36)29(20)39-33(40-32)46-15-17-11-18(45-5)14-41(17)3/h6-8,12,16-18,24H,1,9-11,14-15,38H2,2-5H3/t16-,17+,18-,24?/m1/s1. The van der Waals surface area contributed by atoms with Gasteiger partial charge in [0.2, 0.25) is 5.91 Å². The second-order valence-corrected chi connectivity index (χ2v) is 13.4. The van der Waals surface area contributed by atoms with Crippen molar-refractivity contribution in [3.05, 3.63) is 53.1 Å². The van der Waals surface area contributed by atoms with E-state index in [9.17, 15) is 14.4 Å². The third kappa shape index (κ3) is 5.63. The summed E-state index contributed by atoms with van der Waals surface area (Å²) >= 11 is 7.75. The zero-order valence-corrected chi connectivity index (χ0v) is 28.0. The highest BCUT2D eigenvalue weighted by atomic mass is 35.5. The van der Waals surface area contributed by atoms with Crippen LogP contribution in [-0.4, -0.2) is 90.8 Å². The van der Waals surface area contributed by atoms with Crippen LogP contribution in [0.4, 0.5) is 19.6 Å². The van der Waals surface area contributed by atoms with Crippen LogP contribution in [0.5, 0.6) is 6.01 Å². The molecule has 2 saturated heterocycles. The van der Waals surface area contributed by atoms with Crippen molar-refractivity contribution in [3.8, 4) is 23.2 Å². The first-order chi connectivity index (χ1) is 22.5. The Labute approximate surface area is 279 Å².